The third-order valence-corrected chi connectivity index (χ3v) is 1.79. The predicted octanol–water partition coefficient (Wildman–Crippen LogP) is 1.91. The summed E-state index contributed by atoms with van der Waals surface area (Å²) < 4.78 is 36.1. The van der Waals surface area contributed by atoms with Gasteiger partial charge in [0.15, 0.2) is 0 Å². The van der Waals surface area contributed by atoms with Crippen LogP contribution in [0, 0.1) is 0 Å². The standard InChI is InChI=1S/C8H10F3N3/c1-2-6(12)5-3-13-7(14-4-5)8(9,10)11/h3-4,6H,2,12H2,1H3/t6-/m0/s1. The van der Waals surface area contributed by atoms with Crippen molar-refractivity contribution < 1.29 is 13.2 Å². The van der Waals surface area contributed by atoms with Crippen LogP contribution in [-0.4, -0.2) is 9.97 Å². The minimum absolute atomic E-state index is 0.308. The number of aromatic nitrogens is 2. The number of alkyl halides is 3. The van der Waals surface area contributed by atoms with Crippen molar-refractivity contribution in [2.75, 3.05) is 0 Å². The molecular formula is C8H10F3N3. The summed E-state index contributed by atoms with van der Waals surface area (Å²) in [6.07, 6.45) is -1.63. The summed E-state index contributed by atoms with van der Waals surface area (Å²) in [7, 11) is 0. The quantitative estimate of drug-likeness (QED) is 0.802. The maximum Gasteiger partial charge on any atom is 0.451 e. The molecule has 0 saturated heterocycles. The van der Waals surface area contributed by atoms with E-state index in [4.69, 9.17) is 5.73 Å². The molecular weight excluding hydrogens is 195 g/mol. The second-order valence-corrected chi connectivity index (χ2v) is 2.85. The van der Waals surface area contributed by atoms with Crippen LogP contribution >= 0.6 is 0 Å². The van der Waals surface area contributed by atoms with Crippen molar-refractivity contribution in [2.24, 2.45) is 5.73 Å². The lowest BCUT2D eigenvalue weighted by molar-refractivity contribution is -0.145. The molecule has 78 valence electrons. The average molecular weight is 205 g/mol. The first kappa shape index (κ1) is 10.9. The fraction of sp³-hybridized carbons (Fsp3) is 0.500. The zero-order chi connectivity index (χ0) is 10.8. The molecule has 0 aliphatic rings. The van der Waals surface area contributed by atoms with Crippen LogP contribution < -0.4 is 5.73 Å². The molecule has 1 heterocycles. The van der Waals surface area contributed by atoms with E-state index >= 15 is 0 Å². The Balaban J connectivity index is 2.89. The fourth-order valence-corrected chi connectivity index (χ4v) is 0.912. The second-order valence-electron chi connectivity index (χ2n) is 2.85. The first-order chi connectivity index (χ1) is 6.45. The van der Waals surface area contributed by atoms with Gasteiger partial charge in [0.2, 0.25) is 5.82 Å². The van der Waals surface area contributed by atoms with Crippen molar-refractivity contribution >= 4 is 0 Å². The SMILES string of the molecule is CC[C@H](N)c1cnc(C(F)(F)F)nc1. The summed E-state index contributed by atoms with van der Waals surface area (Å²) in [5, 5.41) is 0. The average Bonchev–Trinajstić information content (AvgIpc) is 2.15. The van der Waals surface area contributed by atoms with Crippen LogP contribution in [0.2, 0.25) is 0 Å². The molecule has 1 atom stereocenters. The molecule has 14 heavy (non-hydrogen) atoms. The molecule has 0 aromatic carbocycles. The summed E-state index contributed by atoms with van der Waals surface area (Å²) in [5.41, 5.74) is 6.11. The second kappa shape index (κ2) is 3.91. The minimum atomic E-state index is -4.49. The Labute approximate surface area is 79.2 Å². The van der Waals surface area contributed by atoms with Gasteiger partial charge in [-0.2, -0.15) is 13.2 Å². The Hall–Kier alpha value is -1.17. The first-order valence-corrected chi connectivity index (χ1v) is 4.10. The molecule has 0 amide bonds. The summed E-state index contributed by atoms with van der Waals surface area (Å²) in [5.74, 6) is -1.13. The summed E-state index contributed by atoms with van der Waals surface area (Å²) >= 11 is 0. The van der Waals surface area contributed by atoms with Gasteiger partial charge in [-0.25, -0.2) is 9.97 Å². The smallest absolute Gasteiger partial charge is 0.324 e. The van der Waals surface area contributed by atoms with Gasteiger partial charge in [0, 0.05) is 24.0 Å². The van der Waals surface area contributed by atoms with E-state index in [9.17, 15) is 13.2 Å². The topological polar surface area (TPSA) is 51.8 Å². The number of hydrogen-bond donors (Lipinski definition) is 1. The van der Waals surface area contributed by atoms with Crippen LogP contribution in [0.5, 0.6) is 0 Å². The molecule has 6 heteroatoms. The molecule has 0 unspecified atom stereocenters. The zero-order valence-corrected chi connectivity index (χ0v) is 7.54. The Kier molecular flexibility index (Phi) is 3.05. The largest absolute Gasteiger partial charge is 0.451 e. The summed E-state index contributed by atoms with van der Waals surface area (Å²) in [6, 6.07) is -0.308. The molecule has 1 aromatic heterocycles. The van der Waals surface area contributed by atoms with Crippen LogP contribution in [-0.2, 0) is 6.18 Å². The van der Waals surface area contributed by atoms with Crippen molar-refractivity contribution in [3.8, 4) is 0 Å². The normalized spacial score (nSPS) is 14.1. The molecule has 0 saturated carbocycles. The van der Waals surface area contributed by atoms with Crippen molar-refractivity contribution in [1.29, 1.82) is 0 Å². The molecule has 0 spiro atoms. The van der Waals surface area contributed by atoms with E-state index in [2.05, 4.69) is 9.97 Å². The van der Waals surface area contributed by atoms with Crippen molar-refractivity contribution in [3.63, 3.8) is 0 Å². The van der Waals surface area contributed by atoms with Gasteiger partial charge in [0.25, 0.3) is 0 Å². The Morgan fingerprint density at radius 1 is 1.36 bits per heavy atom. The van der Waals surface area contributed by atoms with E-state index in [1.165, 1.54) is 0 Å². The van der Waals surface area contributed by atoms with E-state index in [-0.39, 0.29) is 6.04 Å². The van der Waals surface area contributed by atoms with E-state index in [0.29, 0.717) is 12.0 Å². The molecule has 3 nitrogen and oxygen atoms in total. The Bertz CT molecular complexity index is 294. The predicted molar refractivity (Wildman–Crippen MR) is 44.3 cm³/mol. The maximum absolute atomic E-state index is 12.0. The third-order valence-electron chi connectivity index (χ3n) is 1.79. The lowest BCUT2D eigenvalue weighted by Gasteiger charge is -2.09. The van der Waals surface area contributed by atoms with Gasteiger partial charge >= 0.3 is 6.18 Å². The molecule has 1 aromatic rings. The number of nitrogens with zero attached hydrogens (tertiary/aromatic N) is 2. The van der Waals surface area contributed by atoms with Gasteiger partial charge in [-0.05, 0) is 6.42 Å². The summed E-state index contributed by atoms with van der Waals surface area (Å²) in [4.78, 5) is 6.41. The van der Waals surface area contributed by atoms with Gasteiger partial charge in [-0.15, -0.1) is 0 Å². The number of halogens is 3. The maximum atomic E-state index is 12.0. The highest BCUT2D eigenvalue weighted by Crippen LogP contribution is 2.25. The number of hydrogen-bond acceptors (Lipinski definition) is 3. The zero-order valence-electron chi connectivity index (χ0n) is 7.54. The fourth-order valence-electron chi connectivity index (χ4n) is 0.912. The third kappa shape index (κ3) is 2.41. The van der Waals surface area contributed by atoms with Crippen LogP contribution in [0.15, 0.2) is 12.4 Å². The van der Waals surface area contributed by atoms with Gasteiger partial charge < -0.3 is 5.73 Å². The molecule has 0 aliphatic carbocycles. The van der Waals surface area contributed by atoms with Crippen LogP contribution in [0.4, 0.5) is 13.2 Å². The molecule has 1 rings (SSSR count). The van der Waals surface area contributed by atoms with Gasteiger partial charge in [0.05, 0.1) is 0 Å². The van der Waals surface area contributed by atoms with E-state index in [0.717, 1.165) is 12.4 Å². The van der Waals surface area contributed by atoms with E-state index < -0.39 is 12.0 Å². The van der Waals surface area contributed by atoms with Crippen molar-refractivity contribution in [3.05, 3.63) is 23.8 Å². The van der Waals surface area contributed by atoms with Crippen LogP contribution in [0.3, 0.4) is 0 Å². The van der Waals surface area contributed by atoms with Crippen molar-refractivity contribution in [1.82, 2.24) is 9.97 Å². The molecule has 0 radical (unpaired) electrons. The van der Waals surface area contributed by atoms with Crippen LogP contribution in [0.25, 0.3) is 0 Å². The molecule has 0 bridgehead atoms. The Morgan fingerprint density at radius 3 is 2.21 bits per heavy atom. The molecule has 0 aliphatic heterocycles. The van der Waals surface area contributed by atoms with Crippen LogP contribution in [0.1, 0.15) is 30.8 Å². The Morgan fingerprint density at radius 2 is 1.86 bits per heavy atom. The highest BCUT2D eigenvalue weighted by molar-refractivity contribution is 5.10. The highest BCUT2D eigenvalue weighted by Gasteiger charge is 2.34. The molecule has 0 fully saturated rings. The van der Waals surface area contributed by atoms with Gasteiger partial charge in [-0.3, -0.25) is 0 Å². The lowest BCUT2D eigenvalue weighted by Crippen LogP contribution is -2.14. The van der Waals surface area contributed by atoms with E-state index in [1.807, 2.05) is 6.92 Å². The molecule has 2 N–H and O–H groups in total. The van der Waals surface area contributed by atoms with E-state index in [1.54, 1.807) is 0 Å². The number of nitrogens with two attached hydrogens (primary N) is 1. The first-order valence-electron chi connectivity index (χ1n) is 4.10. The monoisotopic (exact) mass is 205 g/mol. The number of rotatable bonds is 2. The summed E-state index contributed by atoms with van der Waals surface area (Å²) in [6.45, 7) is 1.84. The van der Waals surface area contributed by atoms with Gasteiger partial charge in [0.1, 0.15) is 0 Å². The minimum Gasteiger partial charge on any atom is -0.324 e. The highest BCUT2D eigenvalue weighted by atomic mass is 19.4. The lowest BCUT2D eigenvalue weighted by atomic mass is 10.1. The van der Waals surface area contributed by atoms with Gasteiger partial charge in [-0.1, -0.05) is 6.92 Å². The van der Waals surface area contributed by atoms with Crippen molar-refractivity contribution in [2.45, 2.75) is 25.6 Å².